The highest BCUT2D eigenvalue weighted by Crippen LogP contribution is 2.26. The summed E-state index contributed by atoms with van der Waals surface area (Å²) in [5.74, 6) is 0.713. The lowest BCUT2D eigenvalue weighted by Crippen LogP contribution is -2.36. The van der Waals surface area contributed by atoms with Gasteiger partial charge in [0, 0.05) is 24.3 Å². The number of hydrogen-bond donors (Lipinski definition) is 1. The van der Waals surface area contributed by atoms with Gasteiger partial charge in [-0.2, -0.15) is 4.98 Å². The Bertz CT molecular complexity index is 572. The second-order valence-electron chi connectivity index (χ2n) is 5.50. The van der Waals surface area contributed by atoms with Gasteiger partial charge >= 0.3 is 0 Å². The molecule has 5 nitrogen and oxygen atoms in total. The molecular weight excluding hydrogens is 238 g/mol. The van der Waals surface area contributed by atoms with Crippen molar-refractivity contribution in [1.82, 2.24) is 19.5 Å². The lowest BCUT2D eigenvalue weighted by molar-refractivity contribution is 0.257. The fraction of sp³-hybridized carbons (Fsp3) is 0.571. The summed E-state index contributed by atoms with van der Waals surface area (Å²) >= 11 is 0. The van der Waals surface area contributed by atoms with Gasteiger partial charge in [0.15, 0.2) is 5.65 Å². The monoisotopic (exact) mass is 259 g/mol. The zero-order valence-corrected chi connectivity index (χ0v) is 11.8. The summed E-state index contributed by atoms with van der Waals surface area (Å²) in [6.07, 6.45) is 2.68. The molecule has 102 valence electrons. The molecule has 5 heteroatoms. The number of likely N-dealkylation sites (N-methyl/N-ethyl adjacent to an activating group) is 1. The largest absolute Gasteiger partial charge is 0.351 e. The Morgan fingerprint density at radius 1 is 1.47 bits per heavy atom. The first-order valence-electron chi connectivity index (χ1n) is 6.93. The molecule has 0 saturated heterocycles. The lowest BCUT2D eigenvalue weighted by Gasteiger charge is -2.24. The number of fused-ring (bicyclic) bond motifs is 1. The number of rotatable bonds is 5. The first-order valence-corrected chi connectivity index (χ1v) is 6.93. The zero-order valence-electron chi connectivity index (χ0n) is 11.8. The standard InChI is InChI=1S/C14H21N5/c1-10-5-4-6-13-16-14(17-19(10)13)15-9-11(2)18(3)12-7-8-12/h4-6,11-12H,7-9H2,1-3H3,(H,15,17). The maximum Gasteiger partial charge on any atom is 0.243 e. The first-order chi connectivity index (χ1) is 9.15. The molecule has 0 spiro atoms. The van der Waals surface area contributed by atoms with Gasteiger partial charge in [-0.05, 0) is 45.9 Å². The second kappa shape index (κ2) is 4.81. The van der Waals surface area contributed by atoms with Gasteiger partial charge in [-0.25, -0.2) is 4.52 Å². The molecule has 1 N–H and O–H groups in total. The molecule has 3 rings (SSSR count). The summed E-state index contributed by atoms with van der Waals surface area (Å²) in [5.41, 5.74) is 1.99. The Morgan fingerprint density at radius 2 is 2.26 bits per heavy atom. The number of nitrogens with one attached hydrogen (secondary N) is 1. The van der Waals surface area contributed by atoms with E-state index in [1.54, 1.807) is 0 Å². The summed E-state index contributed by atoms with van der Waals surface area (Å²) in [4.78, 5) is 6.93. The average Bonchev–Trinajstić information content (AvgIpc) is 3.16. The summed E-state index contributed by atoms with van der Waals surface area (Å²) in [6.45, 7) is 5.16. The Balaban J connectivity index is 1.66. The molecule has 1 atom stereocenters. The van der Waals surface area contributed by atoms with Crippen molar-refractivity contribution in [2.75, 3.05) is 18.9 Å². The average molecular weight is 259 g/mol. The Kier molecular flexibility index (Phi) is 3.14. The fourth-order valence-electron chi connectivity index (χ4n) is 2.34. The summed E-state index contributed by atoms with van der Waals surface area (Å²) in [5, 5.41) is 7.82. The van der Waals surface area contributed by atoms with Crippen LogP contribution in [0, 0.1) is 6.92 Å². The van der Waals surface area contributed by atoms with E-state index in [0.29, 0.717) is 12.0 Å². The summed E-state index contributed by atoms with van der Waals surface area (Å²) in [7, 11) is 2.20. The van der Waals surface area contributed by atoms with Crippen molar-refractivity contribution in [3.8, 4) is 0 Å². The molecule has 1 aliphatic rings. The van der Waals surface area contributed by atoms with E-state index in [9.17, 15) is 0 Å². The molecule has 19 heavy (non-hydrogen) atoms. The third-order valence-corrected chi connectivity index (χ3v) is 3.92. The molecule has 1 unspecified atom stereocenters. The normalized spacial score (nSPS) is 17.1. The smallest absolute Gasteiger partial charge is 0.243 e. The van der Waals surface area contributed by atoms with Gasteiger partial charge in [-0.3, -0.25) is 4.90 Å². The van der Waals surface area contributed by atoms with E-state index < -0.39 is 0 Å². The van der Waals surface area contributed by atoms with Crippen LogP contribution in [0.5, 0.6) is 0 Å². The molecule has 0 radical (unpaired) electrons. The van der Waals surface area contributed by atoms with Crippen LogP contribution in [0.15, 0.2) is 18.2 Å². The van der Waals surface area contributed by atoms with Crippen LogP contribution in [0.1, 0.15) is 25.5 Å². The van der Waals surface area contributed by atoms with Crippen molar-refractivity contribution in [2.45, 2.75) is 38.8 Å². The van der Waals surface area contributed by atoms with Gasteiger partial charge in [0.05, 0.1) is 0 Å². The van der Waals surface area contributed by atoms with E-state index in [4.69, 9.17) is 0 Å². The minimum Gasteiger partial charge on any atom is -0.351 e. The number of aromatic nitrogens is 3. The second-order valence-corrected chi connectivity index (χ2v) is 5.50. The van der Waals surface area contributed by atoms with Crippen molar-refractivity contribution >= 4 is 11.6 Å². The molecule has 1 fully saturated rings. The molecule has 2 heterocycles. The van der Waals surface area contributed by atoms with Crippen LogP contribution in [-0.2, 0) is 0 Å². The highest BCUT2D eigenvalue weighted by molar-refractivity contribution is 5.44. The number of hydrogen-bond acceptors (Lipinski definition) is 4. The van der Waals surface area contributed by atoms with E-state index in [2.05, 4.69) is 34.3 Å². The predicted octanol–water partition coefficient (Wildman–Crippen LogP) is 1.93. The van der Waals surface area contributed by atoms with Crippen molar-refractivity contribution in [3.05, 3.63) is 23.9 Å². The molecule has 2 aromatic heterocycles. The third kappa shape index (κ3) is 2.56. The van der Waals surface area contributed by atoms with Gasteiger partial charge < -0.3 is 5.32 Å². The minimum absolute atomic E-state index is 0.500. The molecule has 0 bridgehead atoms. The molecule has 0 aliphatic heterocycles. The molecule has 1 aliphatic carbocycles. The Hall–Kier alpha value is -1.62. The summed E-state index contributed by atoms with van der Waals surface area (Å²) in [6, 6.07) is 7.31. The van der Waals surface area contributed by atoms with Gasteiger partial charge in [0.2, 0.25) is 5.95 Å². The van der Waals surface area contributed by atoms with Gasteiger partial charge in [-0.15, -0.1) is 5.10 Å². The Labute approximate surface area is 113 Å². The summed E-state index contributed by atoms with van der Waals surface area (Å²) < 4.78 is 1.87. The highest BCUT2D eigenvalue weighted by atomic mass is 15.4. The van der Waals surface area contributed by atoms with E-state index in [-0.39, 0.29) is 0 Å². The molecule has 1 saturated carbocycles. The van der Waals surface area contributed by atoms with Crippen LogP contribution in [0.3, 0.4) is 0 Å². The molecule has 2 aromatic rings. The van der Waals surface area contributed by atoms with Crippen LogP contribution in [0.25, 0.3) is 5.65 Å². The van der Waals surface area contributed by atoms with Crippen molar-refractivity contribution in [3.63, 3.8) is 0 Å². The van der Waals surface area contributed by atoms with Gasteiger partial charge in [0.1, 0.15) is 0 Å². The third-order valence-electron chi connectivity index (χ3n) is 3.92. The van der Waals surface area contributed by atoms with Gasteiger partial charge in [0.25, 0.3) is 0 Å². The molecule has 0 amide bonds. The number of nitrogens with zero attached hydrogens (tertiary/aromatic N) is 4. The lowest BCUT2D eigenvalue weighted by atomic mass is 10.3. The van der Waals surface area contributed by atoms with E-state index in [1.807, 2.05) is 29.6 Å². The van der Waals surface area contributed by atoms with Crippen molar-refractivity contribution in [2.24, 2.45) is 0 Å². The number of aryl methyl sites for hydroxylation is 1. The van der Waals surface area contributed by atoms with Crippen molar-refractivity contribution < 1.29 is 0 Å². The zero-order chi connectivity index (χ0) is 13.4. The van der Waals surface area contributed by atoms with E-state index in [1.165, 1.54) is 12.8 Å². The van der Waals surface area contributed by atoms with Crippen LogP contribution < -0.4 is 5.32 Å². The predicted molar refractivity (Wildman–Crippen MR) is 76.5 cm³/mol. The first kappa shape index (κ1) is 12.4. The molecule has 0 aromatic carbocycles. The van der Waals surface area contributed by atoms with Crippen LogP contribution in [0.2, 0.25) is 0 Å². The number of anilines is 1. The Morgan fingerprint density at radius 3 is 2.95 bits per heavy atom. The van der Waals surface area contributed by atoms with Crippen molar-refractivity contribution in [1.29, 1.82) is 0 Å². The fourth-order valence-corrected chi connectivity index (χ4v) is 2.34. The van der Waals surface area contributed by atoms with Crippen LogP contribution in [0.4, 0.5) is 5.95 Å². The number of pyridine rings is 1. The quantitative estimate of drug-likeness (QED) is 0.891. The maximum absolute atomic E-state index is 4.49. The van der Waals surface area contributed by atoms with Gasteiger partial charge in [-0.1, -0.05) is 6.07 Å². The highest BCUT2D eigenvalue weighted by Gasteiger charge is 2.28. The van der Waals surface area contributed by atoms with Crippen LogP contribution >= 0.6 is 0 Å². The van der Waals surface area contributed by atoms with E-state index in [0.717, 1.165) is 23.9 Å². The minimum atomic E-state index is 0.500. The molecular formula is C14H21N5. The maximum atomic E-state index is 4.49. The van der Waals surface area contributed by atoms with E-state index >= 15 is 0 Å². The topological polar surface area (TPSA) is 45.5 Å². The SMILES string of the molecule is Cc1cccc2nc(NCC(C)N(C)C3CC3)nn12. The van der Waals surface area contributed by atoms with Crippen LogP contribution in [-0.4, -0.2) is 45.2 Å².